The van der Waals surface area contributed by atoms with Crippen molar-refractivity contribution in [1.29, 1.82) is 0 Å². The number of piperidine rings is 1. The normalized spacial score (nSPS) is 41.4. The Hall–Kier alpha value is -0.900. The van der Waals surface area contributed by atoms with Crippen molar-refractivity contribution in [3.8, 4) is 0 Å². The lowest BCUT2D eigenvalue weighted by atomic mass is 9.63. The molecular formula is C13H22N2O2. The summed E-state index contributed by atoms with van der Waals surface area (Å²) in [5.41, 5.74) is -0.0528. The highest BCUT2D eigenvalue weighted by Gasteiger charge is 2.49. The van der Waals surface area contributed by atoms with Gasteiger partial charge in [0.15, 0.2) is 0 Å². The molecule has 0 spiro atoms. The Morgan fingerprint density at radius 2 is 1.88 bits per heavy atom. The molecule has 2 fully saturated rings. The molecule has 0 bridgehead atoms. The average molecular weight is 238 g/mol. The van der Waals surface area contributed by atoms with Gasteiger partial charge in [-0.3, -0.25) is 14.9 Å². The maximum atomic E-state index is 11.9. The molecule has 2 aliphatic rings. The summed E-state index contributed by atoms with van der Waals surface area (Å²) in [5.74, 6) is -0.355. The van der Waals surface area contributed by atoms with Crippen molar-refractivity contribution in [2.75, 3.05) is 0 Å². The Labute approximate surface area is 103 Å². The molecule has 4 nitrogen and oxygen atoms in total. The molecule has 3 atom stereocenters. The second-order valence-corrected chi connectivity index (χ2v) is 6.63. The molecule has 0 radical (unpaired) electrons. The predicted molar refractivity (Wildman–Crippen MR) is 65.3 cm³/mol. The van der Waals surface area contributed by atoms with Crippen LogP contribution in [0.1, 0.15) is 47.0 Å². The molecule has 17 heavy (non-hydrogen) atoms. The quantitative estimate of drug-likeness (QED) is 0.675. The van der Waals surface area contributed by atoms with Crippen LogP contribution in [0.5, 0.6) is 0 Å². The first-order chi connectivity index (χ1) is 7.72. The van der Waals surface area contributed by atoms with E-state index in [0.717, 1.165) is 12.8 Å². The first-order valence-electron chi connectivity index (χ1n) is 6.33. The second-order valence-electron chi connectivity index (χ2n) is 6.63. The molecule has 0 aromatic rings. The third kappa shape index (κ3) is 2.37. The lowest BCUT2D eigenvalue weighted by Gasteiger charge is -2.48. The van der Waals surface area contributed by atoms with Crippen LogP contribution in [0.15, 0.2) is 0 Å². The predicted octanol–water partition coefficient (Wildman–Crippen LogP) is 1.21. The van der Waals surface area contributed by atoms with Gasteiger partial charge in [-0.05, 0) is 39.0 Å². The topological polar surface area (TPSA) is 58.2 Å². The maximum Gasteiger partial charge on any atom is 0.230 e. The monoisotopic (exact) mass is 238 g/mol. The minimum Gasteiger partial charge on any atom is -0.309 e. The maximum absolute atomic E-state index is 11.9. The minimum atomic E-state index is -0.154. The molecule has 96 valence electrons. The Morgan fingerprint density at radius 1 is 1.24 bits per heavy atom. The minimum absolute atomic E-state index is 0.0261. The molecule has 2 amide bonds. The van der Waals surface area contributed by atoms with Crippen LogP contribution in [0.25, 0.3) is 0 Å². The molecule has 0 aliphatic carbocycles. The summed E-state index contributed by atoms with van der Waals surface area (Å²) in [6, 6.07) is 0.382. The van der Waals surface area contributed by atoms with Gasteiger partial charge in [0.25, 0.3) is 0 Å². The van der Waals surface area contributed by atoms with Crippen LogP contribution >= 0.6 is 0 Å². The van der Waals surface area contributed by atoms with Gasteiger partial charge in [-0.1, -0.05) is 6.92 Å². The molecule has 0 saturated carbocycles. The Balaban J connectivity index is 2.23. The highest BCUT2D eigenvalue weighted by molar-refractivity contribution is 6.03. The van der Waals surface area contributed by atoms with E-state index in [-0.39, 0.29) is 28.7 Å². The molecule has 3 unspecified atom stereocenters. The number of hydrogen-bond donors (Lipinski definition) is 2. The zero-order valence-electron chi connectivity index (χ0n) is 11.1. The molecular weight excluding hydrogens is 216 g/mol. The van der Waals surface area contributed by atoms with Crippen molar-refractivity contribution < 1.29 is 9.59 Å². The third-order valence-corrected chi connectivity index (χ3v) is 4.07. The largest absolute Gasteiger partial charge is 0.309 e. The summed E-state index contributed by atoms with van der Waals surface area (Å²) >= 11 is 0. The number of amides is 2. The second kappa shape index (κ2) is 3.80. The fourth-order valence-electron chi connectivity index (χ4n) is 3.93. The fourth-order valence-corrected chi connectivity index (χ4v) is 3.93. The highest BCUT2D eigenvalue weighted by atomic mass is 16.2. The van der Waals surface area contributed by atoms with E-state index in [9.17, 15) is 9.59 Å². The number of hydrogen-bond acceptors (Lipinski definition) is 3. The van der Waals surface area contributed by atoms with Gasteiger partial charge in [0.2, 0.25) is 11.8 Å². The van der Waals surface area contributed by atoms with Crippen LogP contribution in [-0.2, 0) is 9.59 Å². The van der Waals surface area contributed by atoms with E-state index in [4.69, 9.17) is 0 Å². The van der Waals surface area contributed by atoms with E-state index < -0.39 is 0 Å². The third-order valence-electron chi connectivity index (χ3n) is 4.07. The van der Waals surface area contributed by atoms with Gasteiger partial charge in [-0.25, -0.2) is 0 Å². The molecule has 4 heteroatoms. The number of nitrogens with one attached hydrogen (secondary N) is 2. The van der Waals surface area contributed by atoms with Gasteiger partial charge >= 0.3 is 0 Å². The van der Waals surface area contributed by atoms with E-state index in [2.05, 4.69) is 38.3 Å². The number of carbonyl (C=O) groups excluding carboxylic acids is 2. The Bertz CT molecular complexity index is 364. The summed E-state index contributed by atoms with van der Waals surface area (Å²) in [6.07, 6.45) is 2.23. The van der Waals surface area contributed by atoms with Crippen LogP contribution in [0.3, 0.4) is 0 Å². The SMILES string of the molecule is CC1CC(C)(C2CC(=O)NC2=O)CC(C)(C)N1. The van der Waals surface area contributed by atoms with Gasteiger partial charge < -0.3 is 5.32 Å². The van der Waals surface area contributed by atoms with Gasteiger partial charge in [0.1, 0.15) is 0 Å². The van der Waals surface area contributed by atoms with Crippen molar-refractivity contribution in [2.45, 2.75) is 58.5 Å². The zero-order chi connectivity index (χ0) is 12.8. The van der Waals surface area contributed by atoms with E-state index in [1.54, 1.807) is 0 Å². The summed E-state index contributed by atoms with van der Waals surface area (Å²) in [7, 11) is 0. The van der Waals surface area contributed by atoms with E-state index in [0.29, 0.717) is 12.5 Å². The van der Waals surface area contributed by atoms with Crippen LogP contribution in [0.4, 0.5) is 0 Å². The summed E-state index contributed by atoms with van der Waals surface area (Å²) in [4.78, 5) is 23.2. The molecule has 2 N–H and O–H groups in total. The van der Waals surface area contributed by atoms with Gasteiger partial charge in [0.05, 0.1) is 5.92 Å². The van der Waals surface area contributed by atoms with Crippen LogP contribution in [0.2, 0.25) is 0 Å². The fraction of sp³-hybridized carbons (Fsp3) is 0.846. The first-order valence-corrected chi connectivity index (χ1v) is 6.33. The van der Waals surface area contributed by atoms with E-state index in [1.165, 1.54) is 0 Å². The molecule has 2 saturated heterocycles. The zero-order valence-corrected chi connectivity index (χ0v) is 11.1. The highest BCUT2D eigenvalue weighted by Crippen LogP contribution is 2.46. The lowest BCUT2D eigenvalue weighted by Crippen LogP contribution is -2.56. The van der Waals surface area contributed by atoms with Gasteiger partial charge in [-0.2, -0.15) is 0 Å². The molecule has 2 heterocycles. The van der Waals surface area contributed by atoms with Gasteiger partial charge in [-0.15, -0.1) is 0 Å². The van der Waals surface area contributed by atoms with E-state index >= 15 is 0 Å². The Morgan fingerprint density at radius 3 is 2.35 bits per heavy atom. The van der Waals surface area contributed by atoms with Crippen LogP contribution in [-0.4, -0.2) is 23.4 Å². The molecule has 2 rings (SSSR count). The lowest BCUT2D eigenvalue weighted by molar-refractivity contribution is -0.128. The molecule has 0 aromatic heterocycles. The number of carbonyl (C=O) groups is 2. The molecule has 0 aromatic carbocycles. The van der Waals surface area contributed by atoms with Crippen molar-refractivity contribution in [3.05, 3.63) is 0 Å². The standard InChI is InChI=1S/C13H22N2O2/c1-8-6-13(4,7-12(2,3)15-8)9-5-10(16)14-11(9)17/h8-9,15H,5-7H2,1-4H3,(H,14,16,17). The number of rotatable bonds is 1. The van der Waals surface area contributed by atoms with Crippen molar-refractivity contribution in [1.82, 2.24) is 10.6 Å². The average Bonchev–Trinajstić information content (AvgIpc) is 2.41. The van der Waals surface area contributed by atoms with E-state index in [1.807, 2.05) is 0 Å². The smallest absolute Gasteiger partial charge is 0.230 e. The summed E-state index contributed by atoms with van der Waals surface area (Å²) < 4.78 is 0. The summed E-state index contributed by atoms with van der Waals surface area (Å²) in [6.45, 7) is 8.62. The first kappa shape index (κ1) is 12.6. The Kier molecular flexibility index (Phi) is 2.81. The van der Waals surface area contributed by atoms with Crippen molar-refractivity contribution in [2.24, 2.45) is 11.3 Å². The number of imide groups is 1. The van der Waals surface area contributed by atoms with Crippen LogP contribution in [0, 0.1) is 11.3 Å². The van der Waals surface area contributed by atoms with Crippen molar-refractivity contribution >= 4 is 11.8 Å². The van der Waals surface area contributed by atoms with Gasteiger partial charge in [0, 0.05) is 18.0 Å². The summed E-state index contributed by atoms with van der Waals surface area (Å²) in [5, 5.41) is 5.98. The molecule has 2 aliphatic heterocycles. The van der Waals surface area contributed by atoms with Crippen LogP contribution < -0.4 is 10.6 Å². The van der Waals surface area contributed by atoms with Crippen molar-refractivity contribution in [3.63, 3.8) is 0 Å².